The molecule has 0 aromatic carbocycles. The first-order valence-electron chi connectivity index (χ1n) is 6.32. The zero-order valence-electron chi connectivity index (χ0n) is 12.9. The van der Waals surface area contributed by atoms with Crippen LogP contribution in [0.3, 0.4) is 0 Å². The van der Waals surface area contributed by atoms with Crippen molar-refractivity contribution in [1.82, 2.24) is 0 Å². The highest BCUT2D eigenvalue weighted by atomic mass is 28.3. The van der Waals surface area contributed by atoms with Crippen molar-refractivity contribution < 1.29 is 27.8 Å². The Kier molecular flexibility index (Phi) is 10.7. The fraction of sp³-hybridized carbons (Fsp3) is 1.00. The van der Waals surface area contributed by atoms with Crippen molar-refractivity contribution in [3.8, 4) is 0 Å². The molecular formula is C12H28O6Si. The van der Waals surface area contributed by atoms with Crippen LogP contribution in [0, 0.1) is 0 Å². The summed E-state index contributed by atoms with van der Waals surface area (Å²) in [6.45, 7) is 0. The summed E-state index contributed by atoms with van der Waals surface area (Å²) >= 11 is 0. The Morgan fingerprint density at radius 1 is 0.842 bits per heavy atom. The van der Waals surface area contributed by atoms with E-state index in [1.54, 1.807) is 42.7 Å². The molecule has 0 radical (unpaired) electrons. The lowest BCUT2D eigenvalue weighted by Gasteiger charge is -2.32. The molecule has 7 heteroatoms. The van der Waals surface area contributed by atoms with Crippen molar-refractivity contribution >= 4 is 9.28 Å². The third-order valence-electron chi connectivity index (χ3n) is 3.32. The molecule has 0 fully saturated rings. The predicted octanol–water partition coefficient (Wildman–Crippen LogP) is 1.28. The quantitative estimate of drug-likeness (QED) is 0.399. The number of ether oxygens (including phenoxy) is 4. The molecule has 0 aromatic heterocycles. The van der Waals surface area contributed by atoms with Crippen LogP contribution in [0.15, 0.2) is 0 Å². The van der Waals surface area contributed by atoms with Crippen molar-refractivity contribution in [2.75, 3.05) is 42.7 Å². The molecule has 0 saturated carbocycles. The zero-order valence-corrected chi connectivity index (χ0v) is 14.1. The second-order valence-corrected chi connectivity index (χ2v) is 6.58. The van der Waals surface area contributed by atoms with Gasteiger partial charge in [0.2, 0.25) is 0 Å². The molecule has 0 rings (SSSR count). The van der Waals surface area contributed by atoms with Crippen LogP contribution in [-0.2, 0) is 27.8 Å². The van der Waals surface area contributed by atoms with Crippen molar-refractivity contribution in [2.45, 2.75) is 37.4 Å². The number of hydrogen-bond donors (Lipinski definition) is 0. The second-order valence-electron chi connectivity index (χ2n) is 4.20. The Morgan fingerprint density at radius 3 is 1.74 bits per heavy atom. The van der Waals surface area contributed by atoms with Gasteiger partial charge in [0, 0.05) is 61.9 Å². The molecule has 19 heavy (non-hydrogen) atoms. The van der Waals surface area contributed by atoms with E-state index in [4.69, 9.17) is 27.8 Å². The second kappa shape index (κ2) is 10.7. The van der Waals surface area contributed by atoms with Gasteiger partial charge in [-0.1, -0.05) is 0 Å². The van der Waals surface area contributed by atoms with Gasteiger partial charge in [-0.3, -0.25) is 0 Å². The molecule has 6 nitrogen and oxygen atoms in total. The average Bonchev–Trinajstić information content (AvgIpc) is 2.47. The monoisotopic (exact) mass is 296 g/mol. The lowest BCUT2D eigenvalue weighted by atomic mass is 10.1. The number of methoxy groups -OCH3 is 4. The summed E-state index contributed by atoms with van der Waals surface area (Å²) in [4.78, 5) is 0. The highest BCUT2D eigenvalue weighted by Crippen LogP contribution is 2.27. The van der Waals surface area contributed by atoms with Crippen LogP contribution in [0.5, 0.6) is 0 Å². The van der Waals surface area contributed by atoms with Crippen LogP contribution < -0.4 is 0 Å². The molecule has 0 aliphatic carbocycles. The van der Waals surface area contributed by atoms with Crippen LogP contribution >= 0.6 is 0 Å². The van der Waals surface area contributed by atoms with Crippen LogP contribution in [0.4, 0.5) is 0 Å². The minimum Gasteiger partial charge on any atom is -0.400 e. The van der Waals surface area contributed by atoms with Crippen LogP contribution in [0.2, 0.25) is 6.04 Å². The molecule has 0 heterocycles. The molecule has 0 aromatic rings. The number of hydrogen-bond acceptors (Lipinski definition) is 6. The summed E-state index contributed by atoms with van der Waals surface area (Å²) in [5, 5.41) is 0. The van der Waals surface area contributed by atoms with Gasteiger partial charge in [0.15, 0.2) is 12.1 Å². The van der Waals surface area contributed by atoms with E-state index < -0.39 is 15.1 Å². The van der Waals surface area contributed by atoms with Gasteiger partial charge in [-0.15, -0.1) is 0 Å². The predicted molar refractivity (Wildman–Crippen MR) is 74.4 cm³/mol. The topological polar surface area (TPSA) is 55.4 Å². The molecule has 0 bridgehead atoms. The Balaban J connectivity index is 4.39. The van der Waals surface area contributed by atoms with E-state index in [1.807, 2.05) is 0 Å². The van der Waals surface area contributed by atoms with E-state index in [9.17, 15) is 0 Å². The van der Waals surface area contributed by atoms with Gasteiger partial charge >= 0.3 is 9.28 Å². The van der Waals surface area contributed by atoms with Crippen molar-refractivity contribution in [3.63, 3.8) is 0 Å². The highest BCUT2D eigenvalue weighted by molar-refractivity contribution is 6.44. The van der Waals surface area contributed by atoms with Gasteiger partial charge in [0.1, 0.15) is 0 Å². The minimum absolute atomic E-state index is 0.248. The standard InChI is InChI=1S/C12H28O6Si/c1-13-11(14-2)7-8-12(15-3,16-4)9-10-19(17-5)18-6/h11,19H,7-10H2,1-6H3. The lowest BCUT2D eigenvalue weighted by molar-refractivity contribution is -0.223. The van der Waals surface area contributed by atoms with E-state index in [0.717, 1.165) is 12.5 Å². The molecule has 0 unspecified atom stereocenters. The fourth-order valence-corrected chi connectivity index (χ4v) is 3.30. The molecule has 0 spiro atoms. The van der Waals surface area contributed by atoms with Crippen LogP contribution in [-0.4, -0.2) is 64.0 Å². The summed E-state index contributed by atoms with van der Waals surface area (Å²) in [5.74, 6) is -0.641. The van der Waals surface area contributed by atoms with Gasteiger partial charge in [0.25, 0.3) is 0 Å². The minimum atomic E-state index is -1.61. The lowest BCUT2D eigenvalue weighted by Crippen LogP contribution is -2.37. The zero-order chi connectivity index (χ0) is 14.7. The average molecular weight is 296 g/mol. The van der Waals surface area contributed by atoms with Gasteiger partial charge in [0.05, 0.1) is 0 Å². The first-order chi connectivity index (χ1) is 9.11. The molecule has 0 aliphatic rings. The highest BCUT2D eigenvalue weighted by Gasteiger charge is 2.32. The van der Waals surface area contributed by atoms with Gasteiger partial charge in [-0.05, 0) is 6.04 Å². The maximum absolute atomic E-state index is 5.54. The van der Waals surface area contributed by atoms with E-state index in [0.29, 0.717) is 12.8 Å². The largest absolute Gasteiger partial charge is 0.400 e. The van der Waals surface area contributed by atoms with E-state index in [1.165, 1.54) is 0 Å². The normalized spacial score (nSPS) is 12.6. The molecule has 0 amide bonds. The Morgan fingerprint density at radius 2 is 1.37 bits per heavy atom. The summed E-state index contributed by atoms with van der Waals surface area (Å²) in [6.07, 6.45) is 1.85. The van der Waals surface area contributed by atoms with Crippen LogP contribution in [0.25, 0.3) is 0 Å². The molecule has 116 valence electrons. The van der Waals surface area contributed by atoms with E-state index in [2.05, 4.69) is 0 Å². The third-order valence-corrected chi connectivity index (χ3v) is 5.13. The SMILES string of the molecule is COC(CCC(CC[SiH](OC)OC)(OC)OC)OC. The van der Waals surface area contributed by atoms with Crippen LogP contribution in [0.1, 0.15) is 19.3 Å². The van der Waals surface area contributed by atoms with Crippen molar-refractivity contribution in [3.05, 3.63) is 0 Å². The summed E-state index contributed by atoms with van der Waals surface area (Å²) in [5.41, 5.74) is 0. The van der Waals surface area contributed by atoms with Gasteiger partial charge < -0.3 is 27.8 Å². The first kappa shape index (κ1) is 19.0. The van der Waals surface area contributed by atoms with Gasteiger partial charge in [-0.2, -0.15) is 0 Å². The smallest absolute Gasteiger partial charge is 0.321 e. The van der Waals surface area contributed by atoms with E-state index >= 15 is 0 Å². The molecule has 0 atom stereocenters. The molecule has 0 saturated heterocycles. The summed E-state index contributed by atoms with van der Waals surface area (Å²) in [7, 11) is 8.27. The summed E-state index contributed by atoms with van der Waals surface area (Å²) in [6, 6.07) is 0.819. The molecule has 0 aliphatic heterocycles. The first-order valence-corrected chi connectivity index (χ1v) is 8.08. The van der Waals surface area contributed by atoms with Crippen molar-refractivity contribution in [1.29, 1.82) is 0 Å². The van der Waals surface area contributed by atoms with Crippen molar-refractivity contribution in [2.24, 2.45) is 0 Å². The number of rotatable bonds is 12. The maximum atomic E-state index is 5.54. The van der Waals surface area contributed by atoms with Gasteiger partial charge in [-0.25, -0.2) is 0 Å². The Hall–Kier alpha value is -0.0231. The third kappa shape index (κ3) is 6.80. The Labute approximate surface area is 118 Å². The fourth-order valence-electron chi connectivity index (χ4n) is 1.96. The summed E-state index contributed by atoms with van der Waals surface area (Å²) < 4.78 is 32.1. The Bertz CT molecular complexity index is 186. The maximum Gasteiger partial charge on any atom is 0.321 e. The molecular weight excluding hydrogens is 268 g/mol. The van der Waals surface area contributed by atoms with E-state index in [-0.39, 0.29) is 6.29 Å². The molecule has 0 N–H and O–H groups in total.